The van der Waals surface area contributed by atoms with E-state index in [4.69, 9.17) is 0 Å². The molecule has 0 aromatic carbocycles. The normalized spacial score (nSPS) is 29.2. The molecule has 8 heteroatoms. The van der Waals surface area contributed by atoms with Gasteiger partial charge < -0.3 is 9.90 Å². The van der Waals surface area contributed by atoms with Gasteiger partial charge in [0.25, 0.3) is 0 Å². The molecule has 0 saturated carbocycles. The van der Waals surface area contributed by atoms with E-state index in [1.54, 1.807) is 0 Å². The van der Waals surface area contributed by atoms with E-state index in [2.05, 4.69) is 5.32 Å². The Morgan fingerprint density at radius 2 is 1.95 bits per heavy atom. The first-order chi connectivity index (χ1) is 8.81. The monoisotopic (exact) mass is 324 g/mol. The zero-order chi connectivity index (χ0) is 14.2. The van der Waals surface area contributed by atoms with Crippen molar-refractivity contribution in [2.24, 2.45) is 0 Å². The van der Waals surface area contributed by atoms with Crippen LogP contribution in [-0.4, -0.2) is 45.4 Å². The number of imide groups is 1. The van der Waals surface area contributed by atoms with Crippen LogP contribution in [0.5, 0.6) is 0 Å². The third-order valence-corrected chi connectivity index (χ3v) is 4.87. The van der Waals surface area contributed by atoms with Gasteiger partial charge in [-0.25, -0.2) is 0 Å². The van der Waals surface area contributed by atoms with Crippen LogP contribution in [0.4, 0.5) is 0 Å². The first-order valence-corrected chi connectivity index (χ1v) is 7.17. The van der Waals surface area contributed by atoms with Crippen LogP contribution in [0.15, 0.2) is 0 Å². The smallest absolute Gasteiger partial charge is 0.548 e. The van der Waals surface area contributed by atoms with E-state index in [1.807, 2.05) is 13.8 Å². The van der Waals surface area contributed by atoms with Crippen LogP contribution in [-0.2, 0) is 14.4 Å². The minimum Gasteiger partial charge on any atom is -0.548 e. The summed E-state index contributed by atoms with van der Waals surface area (Å²) in [6, 6.07) is -0.780. The third kappa shape index (κ3) is 4.06. The van der Waals surface area contributed by atoms with E-state index in [0.717, 1.165) is 0 Å². The molecule has 1 N–H and O–H groups in total. The molecule has 2 aliphatic rings. The Hall–Kier alpha value is 0.556. The topological polar surface area (TPSA) is 89.5 Å². The Morgan fingerprint density at radius 1 is 1.40 bits per heavy atom. The van der Waals surface area contributed by atoms with Crippen LogP contribution >= 0.6 is 11.8 Å². The van der Waals surface area contributed by atoms with Gasteiger partial charge >= 0.3 is 51.4 Å². The summed E-state index contributed by atoms with van der Waals surface area (Å²) in [7, 11) is 0. The number of carbonyl (C=O) groups excluding carboxylic acids is 3. The molecule has 1 unspecified atom stereocenters. The van der Waals surface area contributed by atoms with E-state index in [1.165, 1.54) is 16.7 Å². The number of carboxylic acids is 1. The van der Waals surface area contributed by atoms with Crippen LogP contribution in [0, 0.1) is 0 Å². The molecule has 0 aromatic heterocycles. The second kappa shape index (κ2) is 7.21. The summed E-state index contributed by atoms with van der Waals surface area (Å²) in [6.07, 6.45) is 1.37. The van der Waals surface area contributed by atoms with Crippen LogP contribution in [0.1, 0.15) is 33.1 Å². The number of aliphatic carboxylic acids is 1. The average molecular weight is 324 g/mol. The van der Waals surface area contributed by atoms with Crippen molar-refractivity contribution in [3.8, 4) is 0 Å². The fraction of sp³-hybridized carbons (Fsp3) is 0.750. The fourth-order valence-electron chi connectivity index (χ4n) is 2.47. The molecule has 0 aliphatic carbocycles. The standard InChI is InChI=1S/C12H18N2O4S.K/c1-12(2)10(11(17)18)13-7(19-12)6-14-8(15)4-3-5-9(14)16;/h7,10,13H,3-6H2,1-2H3,(H,17,18);/q;+1/p-1/t7?,10-;/m0./s1. The van der Waals surface area contributed by atoms with Gasteiger partial charge in [0.2, 0.25) is 11.8 Å². The van der Waals surface area contributed by atoms with Gasteiger partial charge in [0.05, 0.1) is 23.9 Å². The van der Waals surface area contributed by atoms with Crippen molar-refractivity contribution in [1.29, 1.82) is 0 Å². The number of thioether (sulfide) groups is 1. The van der Waals surface area contributed by atoms with Crippen molar-refractivity contribution in [2.75, 3.05) is 6.54 Å². The van der Waals surface area contributed by atoms with Crippen LogP contribution in [0.2, 0.25) is 0 Å². The van der Waals surface area contributed by atoms with Gasteiger partial charge in [0, 0.05) is 17.6 Å². The SMILES string of the molecule is CC1(C)SC(CN2C(=O)CCCC2=O)N[C@H]1C(=O)[O-].[K+]. The van der Waals surface area contributed by atoms with Crippen LogP contribution in [0.3, 0.4) is 0 Å². The Morgan fingerprint density at radius 3 is 2.40 bits per heavy atom. The van der Waals surface area contributed by atoms with Crippen molar-refractivity contribution in [3.63, 3.8) is 0 Å². The van der Waals surface area contributed by atoms with Crippen molar-refractivity contribution in [1.82, 2.24) is 10.2 Å². The summed E-state index contributed by atoms with van der Waals surface area (Å²) in [6.45, 7) is 3.84. The minimum absolute atomic E-state index is 0. The quantitative estimate of drug-likeness (QED) is 0.422. The van der Waals surface area contributed by atoms with E-state index >= 15 is 0 Å². The maximum Gasteiger partial charge on any atom is 1.00 e. The molecule has 2 rings (SSSR count). The van der Waals surface area contributed by atoms with Gasteiger partial charge in [-0.05, 0) is 20.3 Å². The van der Waals surface area contributed by atoms with Crippen LogP contribution in [0.25, 0.3) is 0 Å². The number of hydrogen-bond donors (Lipinski definition) is 1. The first-order valence-electron chi connectivity index (χ1n) is 6.29. The number of rotatable bonds is 3. The molecule has 2 atom stereocenters. The minimum atomic E-state index is -1.16. The van der Waals surface area contributed by atoms with E-state index in [-0.39, 0.29) is 75.1 Å². The van der Waals surface area contributed by atoms with E-state index in [9.17, 15) is 19.5 Å². The molecule has 106 valence electrons. The van der Waals surface area contributed by atoms with Crippen molar-refractivity contribution in [3.05, 3.63) is 0 Å². The predicted octanol–water partition coefficient (Wildman–Crippen LogP) is -3.91. The Kier molecular flexibility index (Phi) is 6.71. The number of nitrogens with one attached hydrogen (secondary N) is 1. The summed E-state index contributed by atoms with van der Waals surface area (Å²) >= 11 is 1.42. The summed E-state index contributed by atoms with van der Waals surface area (Å²) in [5.74, 6) is -1.50. The largest absolute Gasteiger partial charge is 1.00 e. The number of hydrogen-bond acceptors (Lipinski definition) is 6. The van der Waals surface area contributed by atoms with Crippen molar-refractivity contribution in [2.45, 2.75) is 49.3 Å². The van der Waals surface area contributed by atoms with E-state index < -0.39 is 16.8 Å². The number of amides is 2. The van der Waals surface area contributed by atoms with Crippen LogP contribution < -0.4 is 61.8 Å². The number of nitrogens with zero attached hydrogens (tertiary/aromatic N) is 1. The van der Waals surface area contributed by atoms with E-state index in [0.29, 0.717) is 19.3 Å². The molecule has 2 aliphatic heterocycles. The molecular weight excluding hydrogens is 307 g/mol. The molecule has 20 heavy (non-hydrogen) atoms. The Bertz CT molecular complexity index is 414. The maximum atomic E-state index is 11.7. The summed E-state index contributed by atoms with van der Waals surface area (Å²) in [5.41, 5.74) is 0. The first kappa shape index (κ1) is 18.6. The molecule has 0 radical (unpaired) electrons. The fourth-order valence-corrected chi connectivity index (χ4v) is 3.93. The molecule has 2 heterocycles. The number of likely N-dealkylation sites (tertiary alicyclic amines) is 1. The molecule has 2 amide bonds. The van der Waals surface area contributed by atoms with Gasteiger partial charge in [-0.15, -0.1) is 11.8 Å². The molecule has 0 spiro atoms. The number of carbonyl (C=O) groups is 3. The molecular formula is C12H17KN2O4S. The van der Waals surface area contributed by atoms with Crippen molar-refractivity contribution >= 4 is 29.5 Å². The molecule has 6 nitrogen and oxygen atoms in total. The van der Waals surface area contributed by atoms with Gasteiger partial charge in [0.1, 0.15) is 0 Å². The predicted molar refractivity (Wildman–Crippen MR) is 68.0 cm³/mol. The molecule has 0 aromatic rings. The summed E-state index contributed by atoms with van der Waals surface area (Å²) in [4.78, 5) is 35.7. The number of carboxylic acid groups (broad SMARTS) is 1. The second-order valence-corrected chi connectivity index (χ2v) is 7.24. The Labute approximate surface area is 164 Å². The zero-order valence-corrected chi connectivity index (χ0v) is 15.9. The summed E-state index contributed by atoms with van der Waals surface area (Å²) < 4.78 is -0.522. The third-order valence-electron chi connectivity index (χ3n) is 3.46. The molecule has 2 saturated heterocycles. The second-order valence-electron chi connectivity index (χ2n) is 5.38. The summed E-state index contributed by atoms with van der Waals surface area (Å²) in [5, 5.41) is 13.7. The van der Waals surface area contributed by atoms with Gasteiger partial charge in [0.15, 0.2) is 0 Å². The number of piperidine rings is 1. The van der Waals surface area contributed by atoms with Gasteiger partial charge in [-0.1, -0.05) is 0 Å². The Balaban J connectivity index is 0.00000200. The molecule has 0 bridgehead atoms. The maximum absolute atomic E-state index is 11.7. The molecule has 2 fully saturated rings. The van der Waals surface area contributed by atoms with Gasteiger partial charge in [-0.2, -0.15) is 0 Å². The average Bonchev–Trinajstić information content (AvgIpc) is 2.59. The van der Waals surface area contributed by atoms with Gasteiger partial charge in [-0.3, -0.25) is 19.8 Å². The zero-order valence-electron chi connectivity index (χ0n) is 12.0. The van der Waals surface area contributed by atoms with Crippen molar-refractivity contribution < 1.29 is 70.9 Å².